The first-order valence-corrected chi connectivity index (χ1v) is 5.33. The van der Waals surface area contributed by atoms with E-state index >= 15 is 0 Å². The van der Waals surface area contributed by atoms with Gasteiger partial charge >= 0.3 is 0 Å². The molecule has 3 atom stereocenters. The molecule has 0 aliphatic carbocycles. The number of amides is 1. The van der Waals surface area contributed by atoms with Gasteiger partial charge in [0.25, 0.3) is 0 Å². The topological polar surface area (TPSA) is 20.3 Å². The molecule has 0 unspecified atom stereocenters. The van der Waals surface area contributed by atoms with E-state index in [2.05, 4.69) is 13.2 Å². The van der Waals surface area contributed by atoms with Gasteiger partial charge in [-0.25, -0.2) is 0 Å². The second kappa shape index (κ2) is 3.60. The van der Waals surface area contributed by atoms with Gasteiger partial charge in [-0.05, 0) is 25.2 Å². The number of hydrogen-bond donors (Lipinski definition) is 0. The van der Waals surface area contributed by atoms with Crippen LogP contribution in [0.5, 0.6) is 0 Å². The lowest BCUT2D eigenvalue weighted by Gasteiger charge is -2.38. The molecule has 0 saturated carbocycles. The van der Waals surface area contributed by atoms with E-state index in [1.807, 2.05) is 11.0 Å². The molecule has 0 aromatic carbocycles. The Morgan fingerprint density at radius 2 is 2.14 bits per heavy atom. The lowest BCUT2D eigenvalue weighted by atomic mass is 9.83. The van der Waals surface area contributed by atoms with Crippen molar-refractivity contribution in [2.24, 2.45) is 11.8 Å². The predicted octanol–water partition coefficient (Wildman–Crippen LogP) is 1.99. The summed E-state index contributed by atoms with van der Waals surface area (Å²) in [6.45, 7) is 8.53. The summed E-state index contributed by atoms with van der Waals surface area (Å²) in [6, 6.07) is 0.427. The Morgan fingerprint density at radius 3 is 2.79 bits per heavy atom. The van der Waals surface area contributed by atoms with Gasteiger partial charge in [0, 0.05) is 12.6 Å². The molecule has 0 N–H and O–H groups in total. The number of piperidine rings is 1. The van der Waals surface area contributed by atoms with Crippen LogP contribution in [0.15, 0.2) is 25.3 Å². The van der Waals surface area contributed by atoms with Crippen molar-refractivity contribution >= 4 is 5.91 Å². The fraction of sp³-hybridized carbons (Fsp3) is 0.583. The largest absolute Gasteiger partial charge is 0.339 e. The van der Waals surface area contributed by atoms with Crippen LogP contribution >= 0.6 is 0 Å². The standard InChI is InChI=1S/C12H17NO/c1-3-9-8-10(4-2)12(14)13-7-5-6-11(9)13/h3-4,9-11H,1-2,5-8H2/t9-,10+,11+/m1/s1. The molecule has 76 valence electrons. The molecule has 2 aliphatic heterocycles. The third-order valence-corrected chi connectivity index (χ3v) is 3.51. The summed E-state index contributed by atoms with van der Waals surface area (Å²) < 4.78 is 0. The van der Waals surface area contributed by atoms with E-state index in [0.29, 0.717) is 12.0 Å². The molecule has 0 radical (unpaired) electrons. The van der Waals surface area contributed by atoms with E-state index in [-0.39, 0.29) is 11.8 Å². The molecule has 0 aromatic rings. The van der Waals surface area contributed by atoms with E-state index in [1.165, 1.54) is 0 Å². The number of carbonyl (C=O) groups is 1. The average molecular weight is 191 g/mol. The monoisotopic (exact) mass is 191 g/mol. The van der Waals surface area contributed by atoms with Crippen molar-refractivity contribution in [3.63, 3.8) is 0 Å². The predicted molar refractivity (Wildman–Crippen MR) is 56.7 cm³/mol. The van der Waals surface area contributed by atoms with Crippen LogP contribution in [-0.4, -0.2) is 23.4 Å². The number of nitrogens with zero attached hydrogens (tertiary/aromatic N) is 1. The molecule has 2 nitrogen and oxygen atoms in total. The molecule has 14 heavy (non-hydrogen) atoms. The Labute approximate surface area is 85.3 Å². The van der Waals surface area contributed by atoms with E-state index in [9.17, 15) is 4.79 Å². The summed E-state index contributed by atoms with van der Waals surface area (Å²) in [4.78, 5) is 13.9. The van der Waals surface area contributed by atoms with Crippen molar-refractivity contribution < 1.29 is 4.79 Å². The lowest BCUT2D eigenvalue weighted by Crippen LogP contribution is -2.48. The number of fused-ring (bicyclic) bond motifs is 1. The summed E-state index contributed by atoms with van der Waals surface area (Å²) in [7, 11) is 0. The normalized spacial score (nSPS) is 36.7. The van der Waals surface area contributed by atoms with Crippen LogP contribution in [0.4, 0.5) is 0 Å². The second-order valence-corrected chi connectivity index (χ2v) is 4.22. The van der Waals surface area contributed by atoms with E-state index in [1.54, 1.807) is 6.08 Å². The van der Waals surface area contributed by atoms with Crippen LogP contribution in [0.3, 0.4) is 0 Å². The minimum atomic E-state index is 0.0207. The lowest BCUT2D eigenvalue weighted by molar-refractivity contribution is -0.139. The summed E-state index contributed by atoms with van der Waals surface area (Å²) in [5, 5.41) is 0. The summed E-state index contributed by atoms with van der Waals surface area (Å²) in [5.74, 6) is 0.770. The molecule has 1 amide bonds. The Balaban J connectivity index is 2.22. The maximum Gasteiger partial charge on any atom is 0.229 e. The highest BCUT2D eigenvalue weighted by Crippen LogP contribution is 2.35. The number of carbonyl (C=O) groups excluding carboxylic acids is 1. The van der Waals surface area contributed by atoms with Gasteiger partial charge in [0.2, 0.25) is 5.91 Å². The van der Waals surface area contributed by atoms with Gasteiger partial charge in [0.05, 0.1) is 5.92 Å². The van der Waals surface area contributed by atoms with E-state index < -0.39 is 0 Å². The van der Waals surface area contributed by atoms with Gasteiger partial charge in [-0.1, -0.05) is 12.2 Å². The van der Waals surface area contributed by atoms with Crippen LogP contribution < -0.4 is 0 Å². The molecular formula is C12H17NO. The maximum absolute atomic E-state index is 11.9. The van der Waals surface area contributed by atoms with Gasteiger partial charge in [0.15, 0.2) is 0 Å². The average Bonchev–Trinajstić information content (AvgIpc) is 2.68. The quantitative estimate of drug-likeness (QED) is 0.611. The SMILES string of the molecule is C=C[C@@H]1C[C@H](C=C)C(=O)N2CCC[C@@H]12. The Hall–Kier alpha value is -1.05. The van der Waals surface area contributed by atoms with Crippen molar-refractivity contribution in [1.82, 2.24) is 4.90 Å². The Morgan fingerprint density at radius 1 is 1.36 bits per heavy atom. The minimum absolute atomic E-state index is 0.0207. The molecule has 2 saturated heterocycles. The van der Waals surface area contributed by atoms with Gasteiger partial charge in [-0.3, -0.25) is 4.79 Å². The summed E-state index contributed by atoms with van der Waals surface area (Å²) in [5.41, 5.74) is 0. The molecule has 0 spiro atoms. The van der Waals surface area contributed by atoms with Gasteiger partial charge < -0.3 is 4.90 Å². The van der Waals surface area contributed by atoms with E-state index in [4.69, 9.17) is 0 Å². The van der Waals surface area contributed by atoms with Crippen molar-refractivity contribution in [3.8, 4) is 0 Å². The second-order valence-electron chi connectivity index (χ2n) is 4.22. The first-order valence-electron chi connectivity index (χ1n) is 5.33. The zero-order chi connectivity index (χ0) is 10.1. The zero-order valence-electron chi connectivity index (χ0n) is 8.48. The van der Waals surface area contributed by atoms with Crippen LogP contribution in [0.2, 0.25) is 0 Å². The van der Waals surface area contributed by atoms with E-state index in [0.717, 1.165) is 25.8 Å². The molecule has 2 fully saturated rings. The van der Waals surface area contributed by atoms with Crippen molar-refractivity contribution in [3.05, 3.63) is 25.3 Å². The van der Waals surface area contributed by atoms with Crippen molar-refractivity contribution in [2.45, 2.75) is 25.3 Å². The van der Waals surface area contributed by atoms with Crippen LogP contribution in [-0.2, 0) is 4.79 Å². The maximum atomic E-state index is 11.9. The highest BCUT2D eigenvalue weighted by atomic mass is 16.2. The van der Waals surface area contributed by atoms with Crippen LogP contribution in [0.1, 0.15) is 19.3 Å². The highest BCUT2D eigenvalue weighted by Gasteiger charge is 2.41. The molecule has 0 aromatic heterocycles. The minimum Gasteiger partial charge on any atom is -0.339 e. The Kier molecular flexibility index (Phi) is 2.44. The Bertz CT molecular complexity index is 271. The van der Waals surface area contributed by atoms with Crippen molar-refractivity contribution in [2.75, 3.05) is 6.54 Å². The molecule has 0 bridgehead atoms. The third-order valence-electron chi connectivity index (χ3n) is 3.51. The van der Waals surface area contributed by atoms with Gasteiger partial charge in [-0.2, -0.15) is 0 Å². The van der Waals surface area contributed by atoms with Crippen molar-refractivity contribution in [1.29, 1.82) is 0 Å². The fourth-order valence-corrected chi connectivity index (χ4v) is 2.73. The fourth-order valence-electron chi connectivity index (χ4n) is 2.73. The summed E-state index contributed by atoms with van der Waals surface area (Å²) >= 11 is 0. The number of hydrogen-bond acceptors (Lipinski definition) is 1. The highest BCUT2D eigenvalue weighted by molar-refractivity contribution is 5.82. The molecule has 2 heterocycles. The molecule has 2 aliphatic rings. The molecular weight excluding hydrogens is 174 g/mol. The van der Waals surface area contributed by atoms with Gasteiger partial charge in [-0.15, -0.1) is 13.2 Å². The summed E-state index contributed by atoms with van der Waals surface area (Å²) in [6.07, 6.45) is 6.99. The third kappa shape index (κ3) is 1.29. The zero-order valence-corrected chi connectivity index (χ0v) is 8.48. The first-order chi connectivity index (χ1) is 6.77. The molecule has 2 heteroatoms. The first kappa shape index (κ1) is 9.50. The van der Waals surface area contributed by atoms with Crippen LogP contribution in [0, 0.1) is 11.8 Å². The molecule has 2 rings (SSSR count). The smallest absolute Gasteiger partial charge is 0.229 e. The van der Waals surface area contributed by atoms with Gasteiger partial charge in [0.1, 0.15) is 0 Å². The number of rotatable bonds is 2. The van der Waals surface area contributed by atoms with Crippen LogP contribution in [0.25, 0.3) is 0 Å².